The number of hydrogen-bond donors (Lipinski definition) is 0. The molecule has 0 bridgehead atoms. The average molecular weight is 398 g/mol. The van der Waals surface area contributed by atoms with Gasteiger partial charge in [0.05, 0.1) is 35.6 Å². The molecule has 0 aliphatic carbocycles. The predicted octanol–water partition coefficient (Wildman–Crippen LogP) is 4.62. The van der Waals surface area contributed by atoms with E-state index in [-0.39, 0.29) is 17.1 Å². The lowest BCUT2D eigenvalue weighted by Crippen LogP contribution is -2.24. The molecule has 0 fully saturated rings. The van der Waals surface area contributed by atoms with Gasteiger partial charge in [-0.15, -0.1) is 0 Å². The van der Waals surface area contributed by atoms with Crippen molar-refractivity contribution in [1.29, 1.82) is 0 Å². The lowest BCUT2D eigenvalue weighted by atomic mass is 10.0. The molecule has 1 aliphatic heterocycles. The van der Waals surface area contributed by atoms with Gasteiger partial charge in [-0.05, 0) is 49.8 Å². The lowest BCUT2D eigenvalue weighted by molar-refractivity contribution is -0.136. The molecule has 2 aromatic rings. The van der Waals surface area contributed by atoms with Crippen LogP contribution in [0.1, 0.15) is 19.4 Å². The maximum atomic E-state index is 13.2. The molecule has 3 rings (SSSR count). The van der Waals surface area contributed by atoms with Crippen LogP contribution in [0.4, 0.5) is 5.69 Å². The van der Waals surface area contributed by atoms with Crippen molar-refractivity contribution in [3.05, 3.63) is 76.0 Å². The molecular formula is C22H20ClNO4. The first-order chi connectivity index (χ1) is 13.5. The largest absolute Gasteiger partial charge is 0.494 e. The smallest absolute Gasteiger partial charge is 0.340 e. The molecule has 1 amide bonds. The molecule has 144 valence electrons. The van der Waals surface area contributed by atoms with Gasteiger partial charge in [-0.1, -0.05) is 35.9 Å². The van der Waals surface area contributed by atoms with E-state index in [1.807, 2.05) is 31.2 Å². The van der Waals surface area contributed by atoms with Crippen LogP contribution in [-0.4, -0.2) is 25.6 Å². The quantitative estimate of drug-likeness (QED) is 0.545. The van der Waals surface area contributed by atoms with Gasteiger partial charge >= 0.3 is 5.97 Å². The van der Waals surface area contributed by atoms with Crippen LogP contribution in [0.5, 0.6) is 5.75 Å². The highest BCUT2D eigenvalue weighted by Crippen LogP contribution is 2.38. The summed E-state index contributed by atoms with van der Waals surface area (Å²) in [6.07, 6.45) is 1.67. The summed E-state index contributed by atoms with van der Waals surface area (Å²) in [5.41, 5.74) is 2.24. The first-order valence-electron chi connectivity index (χ1n) is 8.81. The fourth-order valence-electron chi connectivity index (χ4n) is 3.10. The second-order valence-corrected chi connectivity index (χ2v) is 6.51. The molecule has 2 aromatic carbocycles. The number of rotatable bonds is 5. The Labute approximate surface area is 168 Å². The molecule has 0 N–H and O–H groups in total. The summed E-state index contributed by atoms with van der Waals surface area (Å²) in [5.74, 6) is -0.169. The monoisotopic (exact) mass is 397 g/mol. The van der Waals surface area contributed by atoms with Crippen LogP contribution in [0, 0.1) is 0 Å². The molecule has 1 aliphatic rings. The normalized spacial score (nSPS) is 15.4. The summed E-state index contributed by atoms with van der Waals surface area (Å²) in [6, 6.07) is 14.3. The highest BCUT2D eigenvalue weighted by atomic mass is 35.5. The van der Waals surface area contributed by atoms with Gasteiger partial charge in [-0.25, -0.2) is 4.79 Å². The fraction of sp³-hybridized carbons (Fsp3) is 0.182. The summed E-state index contributed by atoms with van der Waals surface area (Å²) in [4.78, 5) is 27.1. The zero-order valence-electron chi connectivity index (χ0n) is 15.9. The van der Waals surface area contributed by atoms with Crippen LogP contribution in [0.2, 0.25) is 5.02 Å². The number of benzene rings is 2. The van der Waals surface area contributed by atoms with Crippen molar-refractivity contribution < 1.29 is 19.1 Å². The number of methoxy groups -OCH3 is 1. The van der Waals surface area contributed by atoms with Crippen LogP contribution in [0.25, 0.3) is 6.08 Å². The Morgan fingerprint density at radius 2 is 1.82 bits per heavy atom. The Bertz CT molecular complexity index is 976. The van der Waals surface area contributed by atoms with Crippen molar-refractivity contribution in [1.82, 2.24) is 0 Å². The number of allylic oxidation sites excluding steroid dienone is 1. The third-order valence-electron chi connectivity index (χ3n) is 4.39. The Balaban J connectivity index is 2.08. The number of amides is 1. The Morgan fingerprint density at radius 1 is 1.14 bits per heavy atom. The fourth-order valence-corrected chi connectivity index (χ4v) is 3.32. The van der Waals surface area contributed by atoms with E-state index in [4.69, 9.17) is 21.1 Å². The minimum atomic E-state index is -0.572. The molecule has 0 spiro atoms. The highest BCUT2D eigenvalue weighted by molar-refractivity contribution is 6.35. The average Bonchev–Trinajstić information content (AvgIpc) is 2.93. The summed E-state index contributed by atoms with van der Waals surface area (Å²) in [5, 5.41) is 0.418. The van der Waals surface area contributed by atoms with Gasteiger partial charge in [0.1, 0.15) is 5.75 Å². The van der Waals surface area contributed by atoms with Crippen molar-refractivity contribution in [2.75, 3.05) is 18.6 Å². The summed E-state index contributed by atoms with van der Waals surface area (Å²) < 4.78 is 10.4. The van der Waals surface area contributed by atoms with E-state index in [1.54, 1.807) is 37.3 Å². The minimum absolute atomic E-state index is 0.223. The van der Waals surface area contributed by atoms with Crippen LogP contribution < -0.4 is 9.64 Å². The maximum absolute atomic E-state index is 13.2. The Morgan fingerprint density at radius 3 is 2.43 bits per heavy atom. The van der Waals surface area contributed by atoms with E-state index in [9.17, 15) is 9.59 Å². The van der Waals surface area contributed by atoms with Gasteiger partial charge in [-0.2, -0.15) is 0 Å². The molecule has 28 heavy (non-hydrogen) atoms. The highest BCUT2D eigenvalue weighted by Gasteiger charge is 2.38. The number of para-hydroxylation sites is 1. The molecule has 6 heteroatoms. The number of esters is 1. The minimum Gasteiger partial charge on any atom is -0.494 e. The third kappa shape index (κ3) is 3.66. The van der Waals surface area contributed by atoms with Gasteiger partial charge in [0.2, 0.25) is 0 Å². The second kappa shape index (κ2) is 8.31. The molecule has 5 nitrogen and oxygen atoms in total. The molecule has 0 radical (unpaired) electrons. The van der Waals surface area contributed by atoms with Crippen molar-refractivity contribution in [3.63, 3.8) is 0 Å². The van der Waals surface area contributed by atoms with Gasteiger partial charge < -0.3 is 9.47 Å². The number of anilines is 1. The van der Waals surface area contributed by atoms with Gasteiger partial charge in [0, 0.05) is 5.70 Å². The zero-order valence-corrected chi connectivity index (χ0v) is 16.6. The van der Waals surface area contributed by atoms with E-state index < -0.39 is 5.97 Å². The molecule has 0 aromatic heterocycles. The standard InChI is InChI=1S/C22H20ClNO4/c1-4-28-16-11-9-15(10-12-16)13-17-20(22(26)27-3)14(2)24(21(17)25)19-8-6-5-7-18(19)23/h5-13H,4H2,1-3H3/b17-13-. The van der Waals surface area contributed by atoms with E-state index in [0.717, 1.165) is 11.3 Å². The first kappa shape index (κ1) is 19.7. The van der Waals surface area contributed by atoms with E-state index in [0.29, 0.717) is 23.0 Å². The maximum Gasteiger partial charge on any atom is 0.340 e. The van der Waals surface area contributed by atoms with Crippen molar-refractivity contribution >= 4 is 35.2 Å². The van der Waals surface area contributed by atoms with Crippen molar-refractivity contribution in [2.24, 2.45) is 0 Å². The van der Waals surface area contributed by atoms with Crippen molar-refractivity contribution in [3.8, 4) is 5.75 Å². The zero-order chi connectivity index (χ0) is 20.3. The molecule has 1 heterocycles. The molecular weight excluding hydrogens is 378 g/mol. The van der Waals surface area contributed by atoms with Crippen molar-refractivity contribution in [2.45, 2.75) is 13.8 Å². The number of halogens is 1. The summed E-state index contributed by atoms with van der Waals surface area (Å²) >= 11 is 6.29. The molecule has 0 saturated carbocycles. The third-order valence-corrected chi connectivity index (χ3v) is 4.70. The Kier molecular flexibility index (Phi) is 5.85. The lowest BCUT2D eigenvalue weighted by Gasteiger charge is -2.19. The number of hydrogen-bond acceptors (Lipinski definition) is 4. The Hall–Kier alpha value is -3.05. The van der Waals surface area contributed by atoms with Gasteiger partial charge in [0.15, 0.2) is 0 Å². The topological polar surface area (TPSA) is 55.8 Å². The van der Waals surface area contributed by atoms with E-state index in [2.05, 4.69) is 0 Å². The van der Waals surface area contributed by atoms with Gasteiger partial charge in [-0.3, -0.25) is 9.69 Å². The van der Waals surface area contributed by atoms with E-state index >= 15 is 0 Å². The molecule has 0 atom stereocenters. The summed E-state index contributed by atoms with van der Waals surface area (Å²) in [6.45, 7) is 4.18. The van der Waals surface area contributed by atoms with Gasteiger partial charge in [0.25, 0.3) is 5.91 Å². The predicted molar refractivity (Wildman–Crippen MR) is 109 cm³/mol. The first-order valence-corrected chi connectivity index (χ1v) is 9.18. The number of carbonyl (C=O) groups is 2. The van der Waals surface area contributed by atoms with Crippen LogP contribution in [0.3, 0.4) is 0 Å². The summed E-state index contributed by atoms with van der Waals surface area (Å²) in [7, 11) is 1.29. The molecule has 0 unspecified atom stereocenters. The van der Waals surface area contributed by atoms with Crippen LogP contribution >= 0.6 is 11.6 Å². The number of nitrogens with zero attached hydrogens (tertiary/aromatic N) is 1. The van der Waals surface area contributed by atoms with Crippen LogP contribution in [-0.2, 0) is 14.3 Å². The second-order valence-electron chi connectivity index (χ2n) is 6.10. The number of carbonyl (C=O) groups excluding carboxylic acids is 2. The SMILES string of the molecule is CCOc1ccc(/C=C2\C(=O)N(c3ccccc3Cl)C(C)=C2C(=O)OC)cc1. The molecule has 0 saturated heterocycles. The van der Waals surface area contributed by atoms with Crippen LogP contribution in [0.15, 0.2) is 65.4 Å². The number of ether oxygens (including phenoxy) is 2. The van der Waals surface area contributed by atoms with E-state index in [1.165, 1.54) is 12.0 Å².